The molecule has 0 fully saturated rings. The Morgan fingerprint density at radius 3 is 1.78 bits per heavy atom. The Labute approximate surface area is 212 Å². The topological polar surface area (TPSA) is 0 Å². The first-order valence-electron chi connectivity index (χ1n) is 12.7. The van der Waals surface area contributed by atoms with Gasteiger partial charge in [0.25, 0.3) is 0 Å². The molecule has 1 heteroatoms. The summed E-state index contributed by atoms with van der Waals surface area (Å²) in [4.78, 5) is 0. The van der Waals surface area contributed by atoms with Crippen molar-refractivity contribution in [1.29, 1.82) is 0 Å². The predicted octanol–water partition coefficient (Wildman–Crippen LogP) is 6.03. The lowest BCUT2D eigenvalue weighted by atomic mass is 9.28. The highest BCUT2D eigenvalue weighted by Crippen LogP contribution is 2.48. The van der Waals surface area contributed by atoms with Crippen LogP contribution >= 0.6 is 0 Å². The molecule has 36 heavy (non-hydrogen) atoms. The number of rotatable bonds is 2. The quantitative estimate of drug-likeness (QED) is 0.280. The molecule has 0 radical (unpaired) electrons. The van der Waals surface area contributed by atoms with Crippen LogP contribution in [0.3, 0.4) is 0 Å². The standard InChI is InChI=1S/C35H23B/c1-3-13-25(14-4-1)35(26-15-5-2-6-16-26)29-19-8-10-21-32(29)36-31-20-9-7-17-27(31)28-18-11-12-24-22-23-30(35)34(36)33(24)28/h1-23H. The van der Waals surface area contributed by atoms with Gasteiger partial charge in [0, 0.05) is 0 Å². The van der Waals surface area contributed by atoms with E-state index in [1.165, 1.54) is 60.5 Å². The molecule has 0 unspecified atom stereocenters. The summed E-state index contributed by atoms with van der Waals surface area (Å²) in [5.41, 5.74) is 12.0. The molecule has 2 aliphatic heterocycles. The molecule has 0 bridgehead atoms. The van der Waals surface area contributed by atoms with Crippen LogP contribution in [0.25, 0.3) is 21.9 Å². The third kappa shape index (κ3) is 2.40. The van der Waals surface area contributed by atoms with Gasteiger partial charge < -0.3 is 0 Å². The van der Waals surface area contributed by atoms with Gasteiger partial charge in [-0.3, -0.25) is 0 Å². The maximum atomic E-state index is 2.42. The molecule has 0 amide bonds. The van der Waals surface area contributed by atoms with Crippen molar-refractivity contribution in [3.8, 4) is 11.1 Å². The van der Waals surface area contributed by atoms with E-state index in [-0.39, 0.29) is 6.71 Å². The largest absolute Gasteiger partial charge is 0.243 e. The maximum absolute atomic E-state index is 2.42. The Morgan fingerprint density at radius 1 is 0.417 bits per heavy atom. The fraction of sp³-hybridized carbons (Fsp3) is 0.0286. The molecule has 6 aromatic rings. The van der Waals surface area contributed by atoms with E-state index in [1.807, 2.05) is 0 Å². The highest BCUT2D eigenvalue weighted by molar-refractivity contribution is 6.99. The van der Waals surface area contributed by atoms with Crippen LogP contribution in [0.15, 0.2) is 140 Å². The van der Waals surface area contributed by atoms with Gasteiger partial charge in [0.05, 0.1) is 5.41 Å². The lowest BCUT2D eigenvalue weighted by Gasteiger charge is -2.46. The van der Waals surface area contributed by atoms with E-state index in [1.54, 1.807) is 0 Å². The number of fused-ring (bicyclic) bond motifs is 5. The maximum Gasteiger partial charge on any atom is 0.243 e. The normalized spacial score (nSPS) is 14.3. The van der Waals surface area contributed by atoms with Crippen molar-refractivity contribution < 1.29 is 0 Å². The Bertz CT molecular complexity index is 1740. The van der Waals surface area contributed by atoms with Crippen molar-refractivity contribution in [2.75, 3.05) is 0 Å². The molecule has 0 N–H and O–H groups in total. The van der Waals surface area contributed by atoms with Crippen molar-refractivity contribution >= 4 is 33.9 Å². The number of hydrogen-bond acceptors (Lipinski definition) is 0. The lowest BCUT2D eigenvalue weighted by Crippen LogP contribution is -2.63. The summed E-state index contributed by atoms with van der Waals surface area (Å²) in [6.07, 6.45) is 0. The van der Waals surface area contributed by atoms with Crippen LogP contribution in [0.2, 0.25) is 0 Å². The van der Waals surface area contributed by atoms with Crippen molar-refractivity contribution in [3.63, 3.8) is 0 Å². The third-order valence-corrected chi connectivity index (χ3v) is 8.43. The molecule has 2 heterocycles. The molecule has 6 aromatic carbocycles. The minimum Gasteiger partial charge on any atom is -0.0666 e. The van der Waals surface area contributed by atoms with Crippen molar-refractivity contribution in [2.45, 2.75) is 5.41 Å². The van der Waals surface area contributed by atoms with Gasteiger partial charge in [-0.25, -0.2) is 0 Å². The summed E-state index contributed by atoms with van der Waals surface area (Å²) in [6, 6.07) is 52.0. The monoisotopic (exact) mass is 454 g/mol. The molecule has 8 rings (SSSR count). The van der Waals surface area contributed by atoms with Crippen LogP contribution in [0.4, 0.5) is 0 Å². The minimum absolute atomic E-state index is 0.214. The zero-order chi connectivity index (χ0) is 23.7. The second kappa shape index (κ2) is 7.32. The summed E-state index contributed by atoms with van der Waals surface area (Å²) in [6.45, 7) is 0.214. The smallest absolute Gasteiger partial charge is 0.0666 e. The van der Waals surface area contributed by atoms with E-state index in [0.29, 0.717) is 0 Å². The Morgan fingerprint density at radius 2 is 1.03 bits per heavy atom. The molecule has 0 saturated carbocycles. The van der Waals surface area contributed by atoms with Crippen molar-refractivity contribution in [1.82, 2.24) is 0 Å². The minimum atomic E-state index is -0.390. The lowest BCUT2D eigenvalue weighted by molar-refractivity contribution is 0.752. The average Bonchev–Trinajstić information content (AvgIpc) is 2.96. The molecule has 2 aliphatic rings. The first-order chi connectivity index (χ1) is 17.9. The van der Waals surface area contributed by atoms with Crippen LogP contribution in [-0.2, 0) is 5.41 Å². The SMILES string of the molecule is c1ccc(C2(c3ccccc3)c3ccccc3B3c4ccccc4-c4cccc5ccc2c3c45)cc1. The molecule has 0 aliphatic carbocycles. The summed E-state index contributed by atoms with van der Waals surface area (Å²) < 4.78 is 0. The molecular formula is C35H23B. The van der Waals surface area contributed by atoms with E-state index >= 15 is 0 Å². The van der Waals surface area contributed by atoms with Gasteiger partial charge in [-0.05, 0) is 44.2 Å². The van der Waals surface area contributed by atoms with Gasteiger partial charge in [0.2, 0.25) is 6.71 Å². The molecule has 0 atom stereocenters. The molecule has 0 nitrogen and oxygen atoms in total. The molecule has 0 spiro atoms. The van der Waals surface area contributed by atoms with E-state index < -0.39 is 5.41 Å². The molecular weight excluding hydrogens is 431 g/mol. The molecule has 0 aromatic heterocycles. The van der Waals surface area contributed by atoms with Crippen LogP contribution in [0.1, 0.15) is 22.3 Å². The zero-order valence-corrected chi connectivity index (χ0v) is 19.9. The van der Waals surface area contributed by atoms with E-state index in [9.17, 15) is 0 Å². The fourth-order valence-corrected chi connectivity index (χ4v) is 7.13. The van der Waals surface area contributed by atoms with Crippen LogP contribution < -0.4 is 16.4 Å². The van der Waals surface area contributed by atoms with E-state index in [2.05, 4.69) is 140 Å². The highest BCUT2D eigenvalue weighted by atomic mass is 14.4. The summed E-state index contributed by atoms with van der Waals surface area (Å²) in [5.74, 6) is 0. The molecule has 0 saturated heterocycles. The van der Waals surface area contributed by atoms with E-state index in [0.717, 1.165) is 0 Å². The van der Waals surface area contributed by atoms with Crippen LogP contribution in [-0.4, -0.2) is 6.71 Å². The predicted molar refractivity (Wildman–Crippen MR) is 152 cm³/mol. The van der Waals surface area contributed by atoms with Gasteiger partial charge >= 0.3 is 0 Å². The van der Waals surface area contributed by atoms with Gasteiger partial charge in [-0.2, -0.15) is 0 Å². The number of hydrogen-bond donors (Lipinski definition) is 0. The second-order valence-electron chi connectivity index (χ2n) is 10.0. The van der Waals surface area contributed by atoms with E-state index in [4.69, 9.17) is 0 Å². The van der Waals surface area contributed by atoms with Crippen molar-refractivity contribution in [3.05, 3.63) is 162 Å². The molecule has 166 valence electrons. The Balaban J connectivity index is 1.64. The third-order valence-electron chi connectivity index (χ3n) is 8.43. The van der Waals surface area contributed by atoms with Gasteiger partial charge in [0.1, 0.15) is 0 Å². The summed E-state index contributed by atoms with van der Waals surface area (Å²) in [7, 11) is 0. The Kier molecular flexibility index (Phi) is 4.05. The summed E-state index contributed by atoms with van der Waals surface area (Å²) in [5, 5.41) is 2.73. The highest BCUT2D eigenvalue weighted by Gasteiger charge is 2.49. The first-order valence-corrected chi connectivity index (χ1v) is 12.7. The van der Waals surface area contributed by atoms with Crippen LogP contribution in [0.5, 0.6) is 0 Å². The van der Waals surface area contributed by atoms with Gasteiger partial charge in [-0.1, -0.05) is 156 Å². The second-order valence-corrected chi connectivity index (χ2v) is 10.0. The Hall–Kier alpha value is -4.36. The zero-order valence-electron chi connectivity index (χ0n) is 19.9. The van der Waals surface area contributed by atoms with Gasteiger partial charge in [-0.15, -0.1) is 0 Å². The average molecular weight is 454 g/mol. The first kappa shape index (κ1) is 19.9. The fourth-order valence-electron chi connectivity index (χ4n) is 7.13. The number of benzene rings is 6. The summed E-state index contributed by atoms with van der Waals surface area (Å²) >= 11 is 0. The van der Waals surface area contributed by atoms with Gasteiger partial charge in [0.15, 0.2) is 0 Å². The van der Waals surface area contributed by atoms with Crippen molar-refractivity contribution in [2.24, 2.45) is 0 Å². The van der Waals surface area contributed by atoms with Crippen LogP contribution in [0, 0.1) is 0 Å².